The van der Waals surface area contributed by atoms with Crippen molar-refractivity contribution in [2.75, 3.05) is 0 Å². The second kappa shape index (κ2) is 6.04. The largest absolute Gasteiger partial charge is 0.308 e. The van der Waals surface area contributed by atoms with Gasteiger partial charge in [-0.2, -0.15) is 5.10 Å². The second-order valence-corrected chi connectivity index (χ2v) is 8.95. The van der Waals surface area contributed by atoms with Crippen molar-refractivity contribution in [2.24, 2.45) is 10.8 Å². The van der Waals surface area contributed by atoms with Gasteiger partial charge >= 0.3 is 0 Å². The van der Waals surface area contributed by atoms with Crippen LogP contribution in [0.1, 0.15) is 65.3 Å². The van der Waals surface area contributed by atoms with Gasteiger partial charge in [-0.1, -0.05) is 27.7 Å². The Morgan fingerprint density at radius 2 is 1.81 bits per heavy atom. The first-order valence-electron chi connectivity index (χ1n) is 8.09. The Hall–Kier alpha value is -0.350. The van der Waals surface area contributed by atoms with Crippen molar-refractivity contribution in [2.45, 2.75) is 79.9 Å². The van der Waals surface area contributed by atoms with Crippen LogP contribution in [0, 0.1) is 17.8 Å². The molecule has 1 aromatic heterocycles. The summed E-state index contributed by atoms with van der Waals surface area (Å²) < 4.78 is 3.26. The topological polar surface area (TPSA) is 29.9 Å². The highest BCUT2D eigenvalue weighted by molar-refractivity contribution is 9.10. The monoisotopic (exact) mass is 355 g/mol. The zero-order valence-electron chi connectivity index (χ0n) is 14.4. The third-order valence-electron chi connectivity index (χ3n) is 4.57. The molecule has 1 aliphatic rings. The molecule has 4 heteroatoms. The van der Waals surface area contributed by atoms with E-state index in [2.05, 4.69) is 72.6 Å². The zero-order valence-corrected chi connectivity index (χ0v) is 16.0. The number of halogens is 1. The molecule has 0 bridgehead atoms. The van der Waals surface area contributed by atoms with Gasteiger partial charge < -0.3 is 5.32 Å². The predicted molar refractivity (Wildman–Crippen MR) is 92.4 cm³/mol. The van der Waals surface area contributed by atoms with Gasteiger partial charge in [-0.3, -0.25) is 4.68 Å². The first kappa shape index (κ1) is 17.0. The summed E-state index contributed by atoms with van der Waals surface area (Å²) in [6.07, 6.45) is 3.83. The Morgan fingerprint density at radius 3 is 2.33 bits per heavy atom. The average molecular weight is 356 g/mol. The highest BCUT2D eigenvalue weighted by Gasteiger charge is 2.38. The standard InChI is InChI=1S/C17H30BrN3/c1-7-21-14(15(18)12(2)20-21)10-19-13-8-16(3,4)11-17(5,6)9-13/h13,19H,7-11H2,1-6H3. The van der Waals surface area contributed by atoms with Gasteiger partial charge in [-0.05, 0) is 59.9 Å². The van der Waals surface area contributed by atoms with Crippen molar-refractivity contribution >= 4 is 15.9 Å². The van der Waals surface area contributed by atoms with Gasteiger partial charge in [0, 0.05) is 19.1 Å². The minimum atomic E-state index is 0.428. The van der Waals surface area contributed by atoms with Gasteiger partial charge in [-0.25, -0.2) is 0 Å². The summed E-state index contributed by atoms with van der Waals surface area (Å²) in [7, 11) is 0. The molecule has 120 valence electrons. The molecule has 21 heavy (non-hydrogen) atoms. The van der Waals surface area contributed by atoms with Gasteiger partial charge in [-0.15, -0.1) is 0 Å². The molecule has 2 rings (SSSR count). The van der Waals surface area contributed by atoms with E-state index in [1.165, 1.54) is 25.0 Å². The van der Waals surface area contributed by atoms with E-state index in [1.54, 1.807) is 0 Å². The highest BCUT2D eigenvalue weighted by Crippen LogP contribution is 2.45. The third kappa shape index (κ3) is 4.10. The fourth-order valence-electron chi connectivity index (χ4n) is 4.27. The lowest BCUT2D eigenvalue weighted by Gasteiger charge is -2.45. The Balaban J connectivity index is 2.06. The number of aryl methyl sites for hydroxylation is 2. The molecule has 0 amide bonds. The van der Waals surface area contributed by atoms with Crippen LogP contribution in [0.4, 0.5) is 0 Å². The molecule has 0 saturated heterocycles. The molecule has 3 nitrogen and oxygen atoms in total. The summed E-state index contributed by atoms with van der Waals surface area (Å²) in [5, 5.41) is 8.37. The van der Waals surface area contributed by atoms with Crippen LogP contribution < -0.4 is 5.32 Å². The van der Waals surface area contributed by atoms with Crippen molar-refractivity contribution in [1.29, 1.82) is 0 Å². The molecule has 0 aliphatic heterocycles. The van der Waals surface area contributed by atoms with Crippen LogP contribution in [0.5, 0.6) is 0 Å². The van der Waals surface area contributed by atoms with E-state index in [0.29, 0.717) is 16.9 Å². The molecule has 0 unspecified atom stereocenters. The van der Waals surface area contributed by atoms with E-state index in [4.69, 9.17) is 0 Å². The normalized spacial score (nSPS) is 21.7. The van der Waals surface area contributed by atoms with E-state index < -0.39 is 0 Å². The summed E-state index contributed by atoms with van der Waals surface area (Å²) in [6, 6.07) is 0.594. The maximum atomic E-state index is 4.58. The molecule has 1 fully saturated rings. The summed E-state index contributed by atoms with van der Waals surface area (Å²) in [5.41, 5.74) is 3.21. The van der Waals surface area contributed by atoms with E-state index in [1.807, 2.05) is 0 Å². The lowest BCUT2D eigenvalue weighted by molar-refractivity contribution is 0.0841. The van der Waals surface area contributed by atoms with Crippen LogP contribution in [0.2, 0.25) is 0 Å². The molecule has 1 N–H and O–H groups in total. The summed E-state index contributed by atoms with van der Waals surface area (Å²) >= 11 is 3.69. The fourth-order valence-corrected chi connectivity index (χ4v) is 4.69. The Morgan fingerprint density at radius 1 is 1.24 bits per heavy atom. The number of hydrogen-bond acceptors (Lipinski definition) is 2. The molecule has 0 spiro atoms. The van der Waals surface area contributed by atoms with Crippen LogP contribution in [-0.2, 0) is 13.1 Å². The number of hydrogen-bond donors (Lipinski definition) is 1. The van der Waals surface area contributed by atoms with Crippen LogP contribution in [0.3, 0.4) is 0 Å². The quantitative estimate of drug-likeness (QED) is 0.850. The first-order chi connectivity index (χ1) is 9.63. The van der Waals surface area contributed by atoms with Gasteiger partial charge in [0.1, 0.15) is 0 Å². The van der Waals surface area contributed by atoms with E-state index in [-0.39, 0.29) is 0 Å². The molecular formula is C17H30BrN3. The molecule has 0 radical (unpaired) electrons. The highest BCUT2D eigenvalue weighted by atomic mass is 79.9. The molecule has 1 aromatic rings. The SMILES string of the molecule is CCn1nc(C)c(Br)c1CNC1CC(C)(C)CC(C)(C)C1. The van der Waals surface area contributed by atoms with Crippen molar-refractivity contribution in [3.63, 3.8) is 0 Å². The van der Waals surface area contributed by atoms with Crippen molar-refractivity contribution < 1.29 is 0 Å². The maximum absolute atomic E-state index is 4.58. The van der Waals surface area contributed by atoms with E-state index in [0.717, 1.165) is 23.3 Å². The minimum Gasteiger partial charge on any atom is -0.308 e. The Kier molecular flexibility index (Phi) is 4.89. The molecular weight excluding hydrogens is 326 g/mol. The molecule has 0 atom stereocenters. The van der Waals surface area contributed by atoms with Crippen LogP contribution in [-0.4, -0.2) is 15.8 Å². The summed E-state index contributed by atoms with van der Waals surface area (Å²) in [6.45, 7) is 15.6. The predicted octanol–water partition coefficient (Wildman–Crippen LogP) is 4.67. The molecule has 1 heterocycles. The van der Waals surface area contributed by atoms with E-state index >= 15 is 0 Å². The van der Waals surface area contributed by atoms with Crippen LogP contribution in [0.15, 0.2) is 4.47 Å². The number of nitrogens with zero attached hydrogens (tertiary/aromatic N) is 2. The smallest absolute Gasteiger partial charge is 0.0739 e. The minimum absolute atomic E-state index is 0.428. The summed E-state index contributed by atoms with van der Waals surface area (Å²) in [4.78, 5) is 0. The first-order valence-corrected chi connectivity index (χ1v) is 8.88. The lowest BCUT2D eigenvalue weighted by Crippen LogP contribution is -2.43. The van der Waals surface area contributed by atoms with Crippen molar-refractivity contribution in [1.82, 2.24) is 15.1 Å². The fraction of sp³-hybridized carbons (Fsp3) is 0.824. The van der Waals surface area contributed by atoms with Crippen LogP contribution >= 0.6 is 15.9 Å². The number of aromatic nitrogens is 2. The average Bonchev–Trinajstić information content (AvgIpc) is 2.59. The van der Waals surface area contributed by atoms with Gasteiger partial charge in [0.15, 0.2) is 0 Å². The number of nitrogens with one attached hydrogen (secondary N) is 1. The maximum Gasteiger partial charge on any atom is 0.0739 e. The van der Waals surface area contributed by atoms with Crippen molar-refractivity contribution in [3.05, 3.63) is 15.9 Å². The van der Waals surface area contributed by atoms with E-state index in [9.17, 15) is 0 Å². The summed E-state index contributed by atoms with van der Waals surface area (Å²) in [5.74, 6) is 0. The van der Waals surface area contributed by atoms with Crippen LogP contribution in [0.25, 0.3) is 0 Å². The van der Waals surface area contributed by atoms with Gasteiger partial charge in [0.25, 0.3) is 0 Å². The van der Waals surface area contributed by atoms with Gasteiger partial charge in [0.2, 0.25) is 0 Å². The molecule has 1 saturated carbocycles. The number of rotatable bonds is 4. The molecule has 0 aromatic carbocycles. The third-order valence-corrected chi connectivity index (χ3v) is 5.60. The zero-order chi connectivity index (χ0) is 15.8. The lowest BCUT2D eigenvalue weighted by atomic mass is 9.63. The molecule has 1 aliphatic carbocycles. The Bertz CT molecular complexity index is 486. The Labute approximate surface area is 138 Å². The van der Waals surface area contributed by atoms with Gasteiger partial charge in [0.05, 0.1) is 15.9 Å². The van der Waals surface area contributed by atoms with Crippen molar-refractivity contribution in [3.8, 4) is 0 Å². The second-order valence-electron chi connectivity index (χ2n) is 8.15.